The van der Waals surface area contributed by atoms with Crippen LogP contribution < -0.4 is 10.1 Å². The van der Waals surface area contributed by atoms with Crippen LogP contribution in [0, 0.1) is 6.92 Å². The molecule has 142 valence electrons. The molecule has 0 amide bonds. The van der Waals surface area contributed by atoms with Crippen LogP contribution in [-0.2, 0) is 0 Å². The zero-order chi connectivity index (χ0) is 20.0. The zero-order valence-corrected chi connectivity index (χ0v) is 16.9. The summed E-state index contributed by atoms with van der Waals surface area (Å²) in [6.45, 7) is 2.01. The number of aromatic nitrogens is 3. The lowest BCUT2D eigenvalue weighted by atomic mass is 10.1. The Labute approximate surface area is 174 Å². The molecule has 0 saturated heterocycles. The highest BCUT2D eigenvalue weighted by Crippen LogP contribution is 2.24. The van der Waals surface area contributed by atoms with Crippen LogP contribution in [0.15, 0.2) is 69.9 Å². The quantitative estimate of drug-likeness (QED) is 0.429. The van der Waals surface area contributed by atoms with Crippen molar-refractivity contribution in [2.75, 3.05) is 0 Å². The summed E-state index contributed by atoms with van der Waals surface area (Å²) < 4.78 is 7.73. The number of benzene rings is 2. The van der Waals surface area contributed by atoms with Gasteiger partial charge in [0.05, 0.1) is 0 Å². The van der Waals surface area contributed by atoms with Crippen LogP contribution in [0.3, 0.4) is 0 Å². The molecule has 0 radical (unpaired) electrons. The minimum absolute atomic E-state index is 0.208. The largest absolute Gasteiger partial charge is 0.457 e. The summed E-state index contributed by atoms with van der Waals surface area (Å²) in [5.41, 5.74) is 2.72. The van der Waals surface area contributed by atoms with E-state index < -0.39 is 0 Å². The summed E-state index contributed by atoms with van der Waals surface area (Å²) in [5, 5.41) is 5.06. The Kier molecular flexibility index (Phi) is 4.30. The smallest absolute Gasteiger partial charge is 0.291 e. The van der Waals surface area contributed by atoms with Gasteiger partial charge in [-0.05, 0) is 49.4 Å². The maximum atomic E-state index is 12.7. The normalized spacial score (nSPS) is 12.1. The Bertz CT molecular complexity index is 1450. The first-order valence-electron chi connectivity index (χ1n) is 8.91. The number of nitrogens with zero attached hydrogens (tertiary/aromatic N) is 3. The van der Waals surface area contributed by atoms with Crippen molar-refractivity contribution < 1.29 is 4.42 Å². The maximum Gasteiger partial charge on any atom is 0.291 e. The molecular formula is C22H14ClN3O2S. The third-order valence-electron chi connectivity index (χ3n) is 4.49. The van der Waals surface area contributed by atoms with E-state index in [0.29, 0.717) is 31.9 Å². The Hall–Kier alpha value is -3.22. The summed E-state index contributed by atoms with van der Waals surface area (Å²) >= 11 is 7.22. The van der Waals surface area contributed by atoms with E-state index in [9.17, 15) is 4.79 Å². The molecule has 5 rings (SSSR count). The van der Waals surface area contributed by atoms with Gasteiger partial charge in [-0.2, -0.15) is 9.50 Å². The monoisotopic (exact) mass is 419 g/mol. The zero-order valence-electron chi connectivity index (χ0n) is 15.3. The first-order chi connectivity index (χ1) is 14.1. The highest BCUT2D eigenvalue weighted by Gasteiger charge is 2.12. The van der Waals surface area contributed by atoms with Gasteiger partial charge in [0.25, 0.3) is 5.56 Å². The molecule has 2 aromatic carbocycles. The van der Waals surface area contributed by atoms with Crippen molar-refractivity contribution in [3.63, 3.8) is 0 Å². The number of halogens is 1. The fraction of sp³-hybridized carbons (Fsp3) is 0.0455. The highest BCUT2D eigenvalue weighted by molar-refractivity contribution is 7.15. The molecule has 7 heteroatoms. The van der Waals surface area contributed by atoms with Gasteiger partial charge in [-0.25, -0.2) is 0 Å². The maximum absolute atomic E-state index is 12.7. The number of hydrogen-bond acceptors (Lipinski definition) is 5. The van der Waals surface area contributed by atoms with Gasteiger partial charge in [0.2, 0.25) is 4.96 Å². The van der Waals surface area contributed by atoms with Gasteiger partial charge in [-0.1, -0.05) is 46.7 Å². The van der Waals surface area contributed by atoms with Crippen molar-refractivity contribution in [1.29, 1.82) is 0 Å². The van der Waals surface area contributed by atoms with Gasteiger partial charge >= 0.3 is 0 Å². The number of rotatable bonds is 3. The number of thiazole rings is 1. The second-order valence-corrected chi connectivity index (χ2v) is 8.07. The first-order valence-corrected chi connectivity index (χ1v) is 10.1. The van der Waals surface area contributed by atoms with Gasteiger partial charge in [0.15, 0.2) is 5.82 Å². The minimum atomic E-state index is -0.208. The molecule has 0 saturated carbocycles. The topological polar surface area (TPSA) is 60.4 Å². The van der Waals surface area contributed by atoms with Gasteiger partial charge in [0, 0.05) is 22.2 Å². The van der Waals surface area contributed by atoms with Crippen LogP contribution in [0.25, 0.3) is 33.7 Å². The van der Waals surface area contributed by atoms with Crippen LogP contribution in [-0.4, -0.2) is 14.6 Å². The van der Waals surface area contributed by atoms with Gasteiger partial charge in [0.1, 0.15) is 16.1 Å². The molecule has 5 aromatic rings. The lowest BCUT2D eigenvalue weighted by molar-refractivity contribution is 0.571. The van der Waals surface area contributed by atoms with E-state index in [1.165, 1.54) is 15.9 Å². The number of fused-ring (bicyclic) bond motifs is 1. The molecule has 0 aliphatic carbocycles. The molecule has 3 aromatic heterocycles. The van der Waals surface area contributed by atoms with E-state index in [0.717, 1.165) is 16.7 Å². The van der Waals surface area contributed by atoms with E-state index in [2.05, 4.69) is 10.1 Å². The van der Waals surface area contributed by atoms with E-state index in [1.54, 1.807) is 6.08 Å². The van der Waals surface area contributed by atoms with Crippen molar-refractivity contribution in [3.05, 3.63) is 91.9 Å². The van der Waals surface area contributed by atoms with Crippen LogP contribution in [0.4, 0.5) is 0 Å². The predicted molar refractivity (Wildman–Crippen MR) is 115 cm³/mol. The fourth-order valence-corrected chi connectivity index (χ4v) is 4.08. The van der Waals surface area contributed by atoms with Crippen LogP contribution in [0.2, 0.25) is 5.02 Å². The Morgan fingerprint density at radius 1 is 1.07 bits per heavy atom. The first kappa shape index (κ1) is 17.8. The molecule has 0 fully saturated rings. The second kappa shape index (κ2) is 6.99. The molecule has 0 unspecified atom stereocenters. The summed E-state index contributed by atoms with van der Waals surface area (Å²) in [6.07, 6.45) is 1.72. The SMILES string of the molecule is Cc1cccc(-c2nc3s/c(=C\c4ccc(-c5ccc(Cl)cc5)o4)c(=O)n3n2)c1. The van der Waals surface area contributed by atoms with Crippen LogP contribution in [0.1, 0.15) is 11.3 Å². The molecule has 29 heavy (non-hydrogen) atoms. The highest BCUT2D eigenvalue weighted by atomic mass is 35.5. The Morgan fingerprint density at radius 3 is 2.66 bits per heavy atom. The molecule has 0 spiro atoms. The summed E-state index contributed by atoms with van der Waals surface area (Å²) in [6, 6.07) is 19.0. The molecule has 5 nitrogen and oxygen atoms in total. The number of hydrogen-bond donors (Lipinski definition) is 0. The number of aryl methyl sites for hydroxylation is 1. The molecule has 0 bridgehead atoms. The number of furan rings is 1. The van der Waals surface area contributed by atoms with Crippen molar-refractivity contribution in [3.8, 4) is 22.7 Å². The van der Waals surface area contributed by atoms with Gasteiger partial charge in [-0.15, -0.1) is 5.10 Å². The van der Waals surface area contributed by atoms with Crippen molar-refractivity contribution >= 4 is 34.0 Å². The molecule has 0 atom stereocenters. The Morgan fingerprint density at radius 2 is 1.90 bits per heavy atom. The minimum Gasteiger partial charge on any atom is -0.457 e. The average molecular weight is 420 g/mol. The summed E-state index contributed by atoms with van der Waals surface area (Å²) in [5.74, 6) is 1.85. The molecule has 0 aliphatic heterocycles. The molecular weight excluding hydrogens is 406 g/mol. The summed E-state index contributed by atoms with van der Waals surface area (Å²) in [4.78, 5) is 17.8. The lowest BCUT2D eigenvalue weighted by Crippen LogP contribution is -2.23. The standard InChI is InChI=1S/C22H14ClN3O2S/c1-13-3-2-4-15(11-13)20-24-22-26(25-20)21(27)19(29-22)12-17-9-10-18(28-17)14-5-7-16(23)8-6-14/h2-12H,1H3/b19-12-. The average Bonchev–Trinajstić information content (AvgIpc) is 3.41. The van der Waals surface area contributed by atoms with E-state index in [4.69, 9.17) is 16.0 Å². The Balaban J connectivity index is 1.52. The van der Waals surface area contributed by atoms with E-state index in [-0.39, 0.29) is 5.56 Å². The van der Waals surface area contributed by atoms with Crippen LogP contribution >= 0.6 is 22.9 Å². The molecule has 0 N–H and O–H groups in total. The van der Waals surface area contributed by atoms with Gasteiger partial charge in [-0.3, -0.25) is 4.79 Å². The second-order valence-electron chi connectivity index (χ2n) is 6.62. The van der Waals surface area contributed by atoms with Crippen LogP contribution in [0.5, 0.6) is 0 Å². The van der Waals surface area contributed by atoms with Crippen molar-refractivity contribution in [2.24, 2.45) is 0 Å². The lowest BCUT2D eigenvalue weighted by Gasteiger charge is -1.96. The fourth-order valence-electron chi connectivity index (χ4n) is 3.07. The third kappa shape index (κ3) is 3.37. The van der Waals surface area contributed by atoms with Crippen molar-refractivity contribution in [1.82, 2.24) is 14.6 Å². The predicted octanol–water partition coefficient (Wildman–Crippen LogP) is 4.59. The van der Waals surface area contributed by atoms with Crippen molar-refractivity contribution in [2.45, 2.75) is 6.92 Å². The van der Waals surface area contributed by atoms with E-state index in [1.807, 2.05) is 67.6 Å². The third-order valence-corrected chi connectivity index (χ3v) is 5.70. The van der Waals surface area contributed by atoms with E-state index >= 15 is 0 Å². The van der Waals surface area contributed by atoms with Gasteiger partial charge < -0.3 is 4.42 Å². The summed E-state index contributed by atoms with van der Waals surface area (Å²) in [7, 11) is 0. The molecule has 3 heterocycles. The molecule has 0 aliphatic rings.